The highest BCUT2D eigenvalue weighted by Gasteiger charge is 2.55. The van der Waals surface area contributed by atoms with Crippen molar-refractivity contribution >= 4 is 37.3 Å². The van der Waals surface area contributed by atoms with Crippen LogP contribution < -0.4 is 16.1 Å². The number of nitrogens with one attached hydrogen (secondary N) is 1. The van der Waals surface area contributed by atoms with Gasteiger partial charge in [0.25, 0.3) is 13.7 Å². The van der Waals surface area contributed by atoms with E-state index >= 15 is 4.39 Å². The summed E-state index contributed by atoms with van der Waals surface area (Å²) >= 11 is 12.0. The van der Waals surface area contributed by atoms with E-state index in [1.165, 1.54) is 25.1 Å². The zero-order valence-electron chi connectivity index (χ0n) is 22.2. The SMILES string of the molecule is CC(C(=O)OCc1ccccc1)N(Oc1ccc(Cl)c(Cl)c1)[PH](=O)OC[C@H]1O[C@@H](n2ccc(=O)[nH]c2=O)[C@](C)(F)[C@@H]1O. The molecule has 1 aliphatic rings. The molecule has 1 aromatic heterocycles. The van der Waals surface area contributed by atoms with E-state index in [2.05, 4.69) is 0 Å². The molecule has 4 rings (SSSR count). The molecule has 226 valence electrons. The van der Waals surface area contributed by atoms with E-state index in [-0.39, 0.29) is 22.4 Å². The molecule has 12 nitrogen and oxygen atoms in total. The lowest BCUT2D eigenvalue weighted by molar-refractivity contribution is -0.156. The van der Waals surface area contributed by atoms with Gasteiger partial charge in [0.1, 0.15) is 30.6 Å². The molecule has 2 heterocycles. The Balaban J connectivity index is 1.49. The van der Waals surface area contributed by atoms with E-state index < -0.39 is 62.2 Å². The van der Waals surface area contributed by atoms with E-state index in [9.17, 15) is 24.1 Å². The number of ether oxygens (including phenoxy) is 2. The van der Waals surface area contributed by atoms with Gasteiger partial charge in [-0.1, -0.05) is 58.4 Å². The number of halogens is 3. The zero-order valence-corrected chi connectivity index (χ0v) is 24.8. The van der Waals surface area contributed by atoms with Crippen molar-refractivity contribution in [3.05, 3.63) is 97.2 Å². The van der Waals surface area contributed by atoms with Gasteiger partial charge in [0.05, 0.1) is 16.7 Å². The van der Waals surface area contributed by atoms with Crippen LogP contribution in [0.4, 0.5) is 4.39 Å². The first-order chi connectivity index (χ1) is 19.9. The van der Waals surface area contributed by atoms with Gasteiger partial charge >= 0.3 is 11.7 Å². The third kappa shape index (κ3) is 7.30. The average Bonchev–Trinajstić information content (AvgIpc) is 3.18. The third-order valence-electron chi connectivity index (χ3n) is 6.38. The number of aliphatic hydroxyl groups excluding tert-OH is 1. The van der Waals surface area contributed by atoms with Gasteiger partial charge in [-0.2, -0.15) is 0 Å². The standard InChI is InChI=1S/C26H27Cl2FN3O9P/c1-15(23(35)38-13-16-6-4-3-5-7-16)32(41-17-8-9-18(27)19(28)12-17)42(37)39-14-20-22(34)26(2,29)24(40-20)31-11-10-21(33)30-25(31)36/h3-12,15,20,22,24,34,42H,13-14H2,1-2H3,(H,30,33,36)/t15?,20-,22-,24-,26-/m1/s1. The molecule has 2 N–H and O–H groups in total. The molecule has 0 saturated carbocycles. The van der Waals surface area contributed by atoms with Gasteiger partial charge in [-0.25, -0.2) is 9.18 Å². The van der Waals surface area contributed by atoms with Crippen LogP contribution in [-0.4, -0.2) is 56.0 Å². The number of esters is 1. The predicted molar refractivity (Wildman–Crippen MR) is 150 cm³/mol. The van der Waals surface area contributed by atoms with Crippen molar-refractivity contribution in [3.63, 3.8) is 0 Å². The minimum atomic E-state index is -3.46. The lowest BCUT2D eigenvalue weighted by Gasteiger charge is -2.27. The number of aromatic nitrogens is 2. The van der Waals surface area contributed by atoms with Gasteiger partial charge in [-0.3, -0.25) is 23.7 Å². The molecular formula is C26H27Cl2FN3O9P. The van der Waals surface area contributed by atoms with Gasteiger partial charge < -0.3 is 23.9 Å². The number of hydrogen-bond donors (Lipinski definition) is 2. The van der Waals surface area contributed by atoms with Crippen molar-refractivity contribution in [3.8, 4) is 5.75 Å². The first-order valence-corrected chi connectivity index (χ1v) is 14.5. The maximum absolute atomic E-state index is 15.5. The van der Waals surface area contributed by atoms with Crippen LogP contribution in [0.15, 0.2) is 70.4 Å². The number of hydrogen-bond acceptors (Lipinski definition) is 9. The van der Waals surface area contributed by atoms with E-state index in [1.807, 2.05) is 11.1 Å². The zero-order chi connectivity index (χ0) is 30.6. The van der Waals surface area contributed by atoms with Crippen LogP contribution >= 0.6 is 31.4 Å². The van der Waals surface area contributed by atoms with Crippen LogP contribution in [-0.2, 0) is 30.0 Å². The minimum absolute atomic E-state index is 0.0604. The number of rotatable bonds is 11. The molecule has 1 fully saturated rings. The molecule has 42 heavy (non-hydrogen) atoms. The summed E-state index contributed by atoms with van der Waals surface area (Å²) in [7, 11) is -3.46. The van der Waals surface area contributed by atoms with Crippen LogP contribution in [0.1, 0.15) is 25.6 Å². The highest BCUT2D eigenvalue weighted by molar-refractivity contribution is 7.36. The smallest absolute Gasteiger partial charge is 0.330 e. The van der Waals surface area contributed by atoms with Crippen LogP contribution in [0.2, 0.25) is 10.0 Å². The fraction of sp³-hybridized carbons (Fsp3) is 0.346. The first-order valence-electron chi connectivity index (χ1n) is 12.5. The Kier molecular flexibility index (Phi) is 10.3. The molecule has 16 heteroatoms. The Morgan fingerprint density at radius 2 is 1.93 bits per heavy atom. The first kappa shape index (κ1) is 31.9. The van der Waals surface area contributed by atoms with E-state index in [0.29, 0.717) is 0 Å². The molecular weight excluding hydrogens is 619 g/mol. The Morgan fingerprint density at radius 3 is 2.60 bits per heavy atom. The maximum Gasteiger partial charge on any atom is 0.330 e. The van der Waals surface area contributed by atoms with Crippen molar-refractivity contribution in [1.29, 1.82) is 0 Å². The van der Waals surface area contributed by atoms with Crippen LogP contribution in [0, 0.1) is 0 Å². The number of nitrogens with zero attached hydrogens (tertiary/aromatic N) is 2. The van der Waals surface area contributed by atoms with Crippen LogP contribution in [0.25, 0.3) is 0 Å². The molecule has 3 aromatic rings. The molecule has 1 aliphatic heterocycles. The molecule has 0 radical (unpaired) electrons. The molecule has 6 atom stereocenters. The molecule has 1 saturated heterocycles. The summed E-state index contributed by atoms with van der Waals surface area (Å²) in [6, 6.07) is 12.8. The van der Waals surface area contributed by atoms with Crippen molar-refractivity contribution < 1.29 is 37.7 Å². The van der Waals surface area contributed by atoms with Gasteiger partial charge in [0.15, 0.2) is 11.9 Å². The van der Waals surface area contributed by atoms with Crippen LogP contribution in [0.3, 0.4) is 0 Å². The summed E-state index contributed by atoms with van der Waals surface area (Å²) in [5.74, 6) is -0.730. The predicted octanol–water partition coefficient (Wildman–Crippen LogP) is 3.66. The maximum atomic E-state index is 15.5. The minimum Gasteiger partial charge on any atom is -0.460 e. The monoisotopic (exact) mass is 645 g/mol. The number of H-pyrrole nitrogens is 1. The summed E-state index contributed by atoms with van der Waals surface area (Å²) in [5, 5.41) is 11.0. The summed E-state index contributed by atoms with van der Waals surface area (Å²) in [5.41, 5.74) is -3.44. The highest BCUT2D eigenvalue weighted by Crippen LogP contribution is 2.42. The number of carbonyl (C=O) groups is 1. The lowest BCUT2D eigenvalue weighted by atomic mass is 9.98. The second-order valence-electron chi connectivity index (χ2n) is 9.48. The summed E-state index contributed by atoms with van der Waals surface area (Å²) in [6.45, 7) is 1.69. The van der Waals surface area contributed by atoms with Gasteiger partial charge in [0.2, 0.25) is 0 Å². The molecule has 2 unspecified atom stereocenters. The van der Waals surface area contributed by atoms with Crippen LogP contribution in [0.5, 0.6) is 5.75 Å². The van der Waals surface area contributed by atoms with E-state index in [4.69, 9.17) is 42.0 Å². The Hall–Kier alpha value is -3.03. The number of hydroxylamine groups is 1. The van der Waals surface area contributed by atoms with Gasteiger partial charge in [0, 0.05) is 18.3 Å². The fourth-order valence-corrected chi connectivity index (χ4v) is 5.37. The quantitative estimate of drug-likeness (QED) is 0.180. The van der Waals surface area contributed by atoms with Crippen molar-refractivity contribution in [2.45, 2.75) is 50.6 Å². The van der Waals surface area contributed by atoms with Gasteiger partial charge in [-0.15, -0.1) is 0 Å². The number of benzene rings is 2. The largest absolute Gasteiger partial charge is 0.460 e. The van der Waals surface area contributed by atoms with Gasteiger partial charge in [-0.05, 0) is 31.5 Å². The number of aromatic amines is 1. The Bertz CT molecular complexity index is 1560. The van der Waals surface area contributed by atoms with E-state index in [0.717, 1.165) is 34.2 Å². The highest BCUT2D eigenvalue weighted by atomic mass is 35.5. The van der Waals surface area contributed by atoms with Crippen molar-refractivity contribution in [1.82, 2.24) is 14.4 Å². The van der Waals surface area contributed by atoms with Crippen molar-refractivity contribution in [2.24, 2.45) is 0 Å². The molecule has 0 spiro atoms. The number of alkyl halides is 1. The average molecular weight is 646 g/mol. The Labute approximate surface area is 249 Å². The van der Waals surface area contributed by atoms with E-state index in [1.54, 1.807) is 24.3 Å². The summed E-state index contributed by atoms with van der Waals surface area (Å²) in [4.78, 5) is 44.9. The normalized spacial score (nSPS) is 23.5. The second-order valence-corrected chi connectivity index (χ2v) is 11.6. The Morgan fingerprint density at radius 1 is 1.21 bits per heavy atom. The van der Waals surface area contributed by atoms with Crippen molar-refractivity contribution in [2.75, 3.05) is 6.61 Å². The third-order valence-corrected chi connectivity index (χ3v) is 8.37. The molecule has 0 bridgehead atoms. The second kappa shape index (κ2) is 13.5. The topological polar surface area (TPSA) is 149 Å². The summed E-state index contributed by atoms with van der Waals surface area (Å²) < 4.78 is 46.0. The lowest BCUT2D eigenvalue weighted by Crippen LogP contribution is -2.43. The molecule has 2 aromatic carbocycles. The number of aliphatic hydroxyl groups is 1. The number of carbonyl (C=O) groups excluding carboxylic acids is 1. The molecule has 0 amide bonds. The molecule has 0 aliphatic carbocycles. The summed E-state index contributed by atoms with van der Waals surface area (Å²) in [6.07, 6.45) is -3.83. The fourth-order valence-electron chi connectivity index (χ4n) is 4.05.